The molecule has 5 aromatic heterocycles. The molecule has 1 saturated carbocycles. The summed E-state index contributed by atoms with van der Waals surface area (Å²) in [6.07, 6.45) is 6.33. The van der Waals surface area contributed by atoms with Gasteiger partial charge in [0, 0.05) is 63.2 Å². The van der Waals surface area contributed by atoms with Crippen molar-refractivity contribution in [3.8, 4) is 38.5 Å². The van der Waals surface area contributed by atoms with E-state index in [1.165, 1.54) is 11.1 Å². The highest BCUT2D eigenvalue weighted by Gasteiger charge is 2.44. The first-order valence-corrected chi connectivity index (χ1v) is 24.6. The minimum atomic E-state index is -0.954. The van der Waals surface area contributed by atoms with E-state index in [0.29, 0.717) is 12.0 Å². The molecular formula is C49H56N12O5S2. The summed E-state index contributed by atoms with van der Waals surface area (Å²) in [5, 5.41) is 47.3. The highest BCUT2D eigenvalue weighted by atomic mass is 32.1. The van der Waals surface area contributed by atoms with Crippen molar-refractivity contribution in [2.45, 2.75) is 116 Å². The fourth-order valence-corrected chi connectivity index (χ4v) is 10.8. The van der Waals surface area contributed by atoms with Gasteiger partial charge in [0.15, 0.2) is 5.01 Å². The van der Waals surface area contributed by atoms with Gasteiger partial charge in [-0.3, -0.25) is 24.2 Å². The predicted octanol–water partition coefficient (Wildman–Crippen LogP) is 6.38. The lowest BCUT2D eigenvalue weighted by molar-refractivity contribution is -0.144. The molecule has 2 aliphatic rings. The quantitative estimate of drug-likeness (QED) is 0.0755. The number of pyridine rings is 1. The zero-order valence-corrected chi connectivity index (χ0v) is 40.4. The Kier molecular flexibility index (Phi) is 14.6. The summed E-state index contributed by atoms with van der Waals surface area (Å²) in [5.41, 5.74) is 8.52. The SMILES string of the molecule is CNc1cc(-c2ccc3cc(C#N)cnn23)ncc1-c1nnc([C@H]2CC[C@H](NC(=O)CCCC(=O)N[C@H](C(=O)N3C[C@H](O)C[C@H]3C(=O)NCc3ccc(-c4scnc4C)cc3)C(C)(C)C)CC2)s1. The molecule has 4 amide bonds. The number of aliphatic hydroxyl groups excluding tert-OH is 1. The van der Waals surface area contributed by atoms with Crippen molar-refractivity contribution in [3.63, 3.8) is 0 Å². The third-order valence-corrected chi connectivity index (χ3v) is 14.8. The number of carbonyl (C=O) groups excluding carboxylic acids is 4. The molecular weight excluding hydrogens is 901 g/mol. The van der Waals surface area contributed by atoms with E-state index in [4.69, 9.17) is 4.98 Å². The van der Waals surface area contributed by atoms with Crippen LogP contribution in [-0.2, 0) is 25.7 Å². The second-order valence-corrected chi connectivity index (χ2v) is 20.5. The normalized spacial score (nSPS) is 18.8. The van der Waals surface area contributed by atoms with Gasteiger partial charge in [0.25, 0.3) is 0 Å². The number of likely N-dealkylation sites (tertiary alicyclic amines) is 1. The number of aromatic nitrogens is 6. The third kappa shape index (κ3) is 10.9. The molecule has 17 nitrogen and oxygen atoms in total. The number of benzene rings is 1. The topological polar surface area (TPSA) is 233 Å². The summed E-state index contributed by atoms with van der Waals surface area (Å²) >= 11 is 3.12. The monoisotopic (exact) mass is 956 g/mol. The van der Waals surface area contributed by atoms with Gasteiger partial charge in [-0.15, -0.1) is 21.5 Å². The number of aliphatic hydroxyl groups is 1. The number of aryl methyl sites for hydroxylation is 1. The lowest BCUT2D eigenvalue weighted by Crippen LogP contribution is -2.57. The van der Waals surface area contributed by atoms with Crippen LogP contribution in [0.2, 0.25) is 0 Å². The molecule has 3 atom stereocenters. The molecule has 1 aliphatic carbocycles. The van der Waals surface area contributed by atoms with E-state index < -0.39 is 29.5 Å². The average Bonchev–Trinajstić information content (AvgIpc) is 4.17. The van der Waals surface area contributed by atoms with Gasteiger partial charge in [-0.2, -0.15) is 10.4 Å². The van der Waals surface area contributed by atoms with Gasteiger partial charge in [-0.1, -0.05) is 56.4 Å². The van der Waals surface area contributed by atoms with E-state index in [1.807, 2.05) is 82.7 Å². The molecule has 0 spiro atoms. The molecule has 1 aliphatic heterocycles. The molecule has 19 heteroatoms. The van der Waals surface area contributed by atoms with Crippen molar-refractivity contribution >= 4 is 57.5 Å². The summed E-state index contributed by atoms with van der Waals surface area (Å²) in [7, 11) is 1.85. The van der Waals surface area contributed by atoms with Crippen molar-refractivity contribution in [2.24, 2.45) is 5.41 Å². The molecule has 0 unspecified atom stereocenters. The highest BCUT2D eigenvalue weighted by molar-refractivity contribution is 7.14. The number of hydrogen-bond donors (Lipinski definition) is 5. The summed E-state index contributed by atoms with van der Waals surface area (Å²) in [4.78, 5) is 65.4. The number of fused-ring (bicyclic) bond motifs is 1. The van der Waals surface area contributed by atoms with Crippen LogP contribution in [-0.4, -0.2) is 101 Å². The van der Waals surface area contributed by atoms with Crippen molar-refractivity contribution in [3.05, 3.63) is 88.3 Å². The zero-order valence-electron chi connectivity index (χ0n) is 38.8. The van der Waals surface area contributed by atoms with E-state index in [2.05, 4.69) is 47.6 Å². The average molecular weight is 957 g/mol. The maximum Gasteiger partial charge on any atom is 0.246 e. The smallest absolute Gasteiger partial charge is 0.246 e. The lowest BCUT2D eigenvalue weighted by Gasteiger charge is -2.35. The van der Waals surface area contributed by atoms with Gasteiger partial charge in [-0.25, -0.2) is 9.50 Å². The van der Waals surface area contributed by atoms with Crippen LogP contribution in [0.1, 0.15) is 99.9 Å². The highest BCUT2D eigenvalue weighted by Crippen LogP contribution is 2.39. The number of rotatable bonds is 15. The summed E-state index contributed by atoms with van der Waals surface area (Å²) in [6.45, 7) is 7.73. The molecule has 1 saturated heterocycles. The maximum atomic E-state index is 14.1. The number of carbonyl (C=O) groups is 4. The Balaban J connectivity index is 0.781. The number of nitriles is 1. The predicted molar refractivity (Wildman–Crippen MR) is 260 cm³/mol. The first-order chi connectivity index (χ1) is 32.7. The summed E-state index contributed by atoms with van der Waals surface area (Å²) < 4.78 is 1.76. The van der Waals surface area contributed by atoms with Gasteiger partial charge in [0.1, 0.15) is 23.2 Å². The molecule has 354 valence electrons. The number of thiazole rings is 1. The third-order valence-electron chi connectivity index (χ3n) is 12.7. The fourth-order valence-electron chi connectivity index (χ4n) is 8.94. The molecule has 2 fully saturated rings. The Morgan fingerprint density at radius 1 is 0.971 bits per heavy atom. The lowest BCUT2D eigenvalue weighted by atomic mass is 9.85. The summed E-state index contributed by atoms with van der Waals surface area (Å²) in [5.74, 6) is -1.08. The molecule has 5 N–H and O–H groups in total. The van der Waals surface area contributed by atoms with Gasteiger partial charge >= 0.3 is 0 Å². The Morgan fingerprint density at radius 2 is 1.74 bits per heavy atom. The van der Waals surface area contributed by atoms with Crippen molar-refractivity contribution in [2.75, 3.05) is 18.9 Å². The van der Waals surface area contributed by atoms with Crippen molar-refractivity contribution in [1.29, 1.82) is 5.26 Å². The van der Waals surface area contributed by atoms with Crippen LogP contribution in [0.3, 0.4) is 0 Å². The first-order valence-electron chi connectivity index (χ1n) is 22.9. The van der Waals surface area contributed by atoms with E-state index in [1.54, 1.807) is 39.5 Å². The number of hydrogen-bond acceptors (Lipinski definition) is 14. The minimum absolute atomic E-state index is 0.0154. The van der Waals surface area contributed by atoms with Crippen molar-refractivity contribution in [1.82, 2.24) is 50.6 Å². The van der Waals surface area contributed by atoms with E-state index in [-0.39, 0.29) is 62.0 Å². The Labute approximate surface area is 402 Å². The number of amides is 4. The number of anilines is 1. The maximum absolute atomic E-state index is 14.1. The molecule has 68 heavy (non-hydrogen) atoms. The Bertz CT molecular complexity index is 2840. The molecule has 0 radical (unpaired) electrons. The van der Waals surface area contributed by atoms with Crippen LogP contribution >= 0.6 is 22.7 Å². The largest absolute Gasteiger partial charge is 0.391 e. The van der Waals surface area contributed by atoms with Gasteiger partial charge in [0.05, 0.1) is 56.4 Å². The van der Waals surface area contributed by atoms with E-state index >= 15 is 0 Å². The van der Waals surface area contributed by atoms with Crippen LogP contribution in [0.25, 0.3) is 37.9 Å². The number of nitrogens with zero attached hydrogens (tertiary/aromatic N) is 8. The number of β-amino-alcohol motifs (C(OH)–C–C–N with tert-alkyl or cyclic N) is 1. The fraction of sp³-hybridized carbons (Fsp3) is 0.429. The Morgan fingerprint density at radius 3 is 2.44 bits per heavy atom. The van der Waals surface area contributed by atoms with Crippen molar-refractivity contribution < 1.29 is 24.3 Å². The second-order valence-electron chi connectivity index (χ2n) is 18.6. The minimum Gasteiger partial charge on any atom is -0.391 e. The molecule has 8 rings (SSSR count). The van der Waals surface area contributed by atoms with E-state index in [9.17, 15) is 29.5 Å². The van der Waals surface area contributed by atoms with E-state index in [0.717, 1.165) is 85.6 Å². The van der Waals surface area contributed by atoms with Crippen LogP contribution < -0.4 is 21.3 Å². The summed E-state index contributed by atoms with van der Waals surface area (Å²) in [6, 6.07) is 15.7. The standard InChI is InChI=1S/C49H56N12O5S2/c1-28-43(67-27-54-28)31-11-9-29(10-12-31)23-53-45(65)40-20-35(62)26-60(40)48(66)44(49(2,3)4)57-42(64)8-6-7-41(63)56-33-15-13-32(14-16-33)46-58-59-47(68-46)36-25-52-38(21-37(36)51-5)39-18-17-34-19-30(22-50)24-55-61(34)39/h9-12,17-19,21,24-25,27,32-33,35,40,44,62H,6-8,13-16,20,23,26H2,1-5H3,(H,51,52)(H,53,65)(H,56,63)(H,57,64)/t32-,33-,35-,40+,44-/m1/s1. The Hall–Kier alpha value is -6.62. The first kappa shape index (κ1) is 47.9. The van der Waals surface area contributed by atoms with Crippen LogP contribution in [0.15, 0.2) is 66.4 Å². The van der Waals surface area contributed by atoms with Gasteiger partial charge in [0.2, 0.25) is 23.6 Å². The van der Waals surface area contributed by atoms with Crippen LogP contribution in [0.5, 0.6) is 0 Å². The molecule has 1 aromatic carbocycles. The molecule has 6 aromatic rings. The van der Waals surface area contributed by atoms with Gasteiger partial charge in [-0.05, 0) is 79.8 Å². The number of nitrogens with one attached hydrogen (secondary N) is 4. The second kappa shape index (κ2) is 20.7. The van der Waals surface area contributed by atoms with Crippen LogP contribution in [0, 0.1) is 23.7 Å². The zero-order chi connectivity index (χ0) is 48.1. The molecule has 0 bridgehead atoms. The molecule has 6 heterocycles. The van der Waals surface area contributed by atoms with Gasteiger partial charge < -0.3 is 31.3 Å². The van der Waals surface area contributed by atoms with Crippen LogP contribution in [0.4, 0.5) is 5.69 Å².